The highest BCUT2D eigenvalue weighted by atomic mass is 16.5. The van der Waals surface area contributed by atoms with Crippen LogP contribution in [-0.4, -0.2) is 74.2 Å². The maximum atomic E-state index is 13.4. The third kappa shape index (κ3) is 47.2. The summed E-state index contributed by atoms with van der Waals surface area (Å²) in [5.74, 6) is -0.0323. The molecule has 0 saturated carbocycles. The first-order valence-corrected chi connectivity index (χ1v) is 28.6. The number of esters is 2. The molecule has 6 heteroatoms. The molecule has 0 aliphatic carbocycles. The van der Waals surface area contributed by atoms with Crippen LogP contribution in [0.25, 0.3) is 0 Å². The second-order valence-corrected chi connectivity index (χ2v) is 20.2. The summed E-state index contributed by atoms with van der Waals surface area (Å²) in [4.78, 5) is 31.6. The Morgan fingerprint density at radius 2 is 0.587 bits per heavy atom. The molecular formula is C57H114N2O4. The van der Waals surface area contributed by atoms with Crippen molar-refractivity contribution in [1.82, 2.24) is 9.80 Å². The molecule has 0 heterocycles. The van der Waals surface area contributed by atoms with Crippen molar-refractivity contribution in [3.63, 3.8) is 0 Å². The van der Waals surface area contributed by atoms with Gasteiger partial charge in [-0.1, -0.05) is 246 Å². The topological polar surface area (TPSA) is 59.1 Å². The number of carbonyl (C=O) groups excluding carboxylic acids is 2. The van der Waals surface area contributed by atoms with Crippen LogP contribution in [0.15, 0.2) is 0 Å². The van der Waals surface area contributed by atoms with Gasteiger partial charge in [0, 0.05) is 25.9 Å². The maximum absolute atomic E-state index is 13.4. The van der Waals surface area contributed by atoms with Gasteiger partial charge in [-0.25, -0.2) is 0 Å². The van der Waals surface area contributed by atoms with Gasteiger partial charge < -0.3 is 14.4 Å². The summed E-state index contributed by atoms with van der Waals surface area (Å²) in [6.07, 6.45) is 52.3. The highest BCUT2D eigenvalue weighted by Crippen LogP contribution is 2.20. The number of rotatable bonds is 52. The van der Waals surface area contributed by atoms with E-state index in [4.69, 9.17) is 9.47 Å². The van der Waals surface area contributed by atoms with Crippen molar-refractivity contribution in [3.05, 3.63) is 0 Å². The molecule has 0 aromatic rings. The summed E-state index contributed by atoms with van der Waals surface area (Å²) >= 11 is 0. The highest BCUT2D eigenvalue weighted by molar-refractivity contribution is 5.69. The molecule has 0 bridgehead atoms. The van der Waals surface area contributed by atoms with E-state index in [0.29, 0.717) is 12.8 Å². The number of hydrogen-bond donors (Lipinski definition) is 0. The number of carbonyl (C=O) groups is 2. The monoisotopic (exact) mass is 891 g/mol. The zero-order chi connectivity index (χ0) is 46.1. The van der Waals surface area contributed by atoms with E-state index in [0.717, 1.165) is 84.0 Å². The van der Waals surface area contributed by atoms with E-state index in [-0.39, 0.29) is 24.1 Å². The molecule has 0 saturated heterocycles. The number of ether oxygens (including phenoxy) is 2. The first-order chi connectivity index (χ1) is 30.9. The van der Waals surface area contributed by atoms with E-state index in [1.165, 1.54) is 205 Å². The van der Waals surface area contributed by atoms with Gasteiger partial charge in [-0.2, -0.15) is 0 Å². The third-order valence-corrected chi connectivity index (χ3v) is 13.3. The summed E-state index contributed by atoms with van der Waals surface area (Å²) in [7, 11) is 4.30. The van der Waals surface area contributed by atoms with Gasteiger partial charge in [-0.05, 0) is 72.1 Å². The lowest BCUT2D eigenvalue weighted by atomic mass is 10.0. The molecular weight excluding hydrogens is 777 g/mol. The predicted molar refractivity (Wildman–Crippen MR) is 276 cm³/mol. The van der Waals surface area contributed by atoms with Gasteiger partial charge in [0.1, 0.15) is 12.2 Å². The molecule has 0 radical (unpaired) electrons. The van der Waals surface area contributed by atoms with Crippen molar-refractivity contribution in [3.8, 4) is 0 Å². The smallest absolute Gasteiger partial charge is 0.306 e. The molecule has 0 aromatic carbocycles. The van der Waals surface area contributed by atoms with E-state index in [9.17, 15) is 9.59 Å². The quantitative estimate of drug-likeness (QED) is 0.0448. The van der Waals surface area contributed by atoms with Crippen LogP contribution in [0.4, 0.5) is 0 Å². The Kier molecular flexibility index (Phi) is 49.4. The van der Waals surface area contributed by atoms with Crippen LogP contribution >= 0.6 is 0 Å². The predicted octanol–water partition coefficient (Wildman–Crippen LogP) is 17.5. The Hall–Kier alpha value is -1.14. The highest BCUT2D eigenvalue weighted by Gasteiger charge is 2.23. The molecule has 0 spiro atoms. The van der Waals surface area contributed by atoms with Gasteiger partial charge in [0.15, 0.2) is 0 Å². The van der Waals surface area contributed by atoms with Crippen LogP contribution in [-0.2, 0) is 19.1 Å². The molecule has 2 atom stereocenters. The van der Waals surface area contributed by atoms with Crippen LogP contribution in [0, 0.1) is 0 Å². The Bertz CT molecular complexity index is 862. The van der Waals surface area contributed by atoms with Crippen molar-refractivity contribution in [2.24, 2.45) is 0 Å². The minimum absolute atomic E-state index is 0.0161. The molecule has 6 nitrogen and oxygen atoms in total. The Morgan fingerprint density at radius 1 is 0.333 bits per heavy atom. The molecule has 0 rings (SSSR count). The summed E-state index contributed by atoms with van der Waals surface area (Å²) in [5.41, 5.74) is 0. The fraction of sp³-hybridized carbons (Fsp3) is 0.965. The fourth-order valence-corrected chi connectivity index (χ4v) is 9.19. The van der Waals surface area contributed by atoms with Gasteiger partial charge in [-0.15, -0.1) is 0 Å². The van der Waals surface area contributed by atoms with E-state index in [1.54, 1.807) is 0 Å². The summed E-state index contributed by atoms with van der Waals surface area (Å²) in [6, 6.07) is 0. The summed E-state index contributed by atoms with van der Waals surface area (Å²) in [6.45, 7) is 12.5. The minimum Gasteiger partial charge on any atom is -0.461 e. The number of nitrogens with zero attached hydrogens (tertiary/aromatic N) is 2. The normalized spacial score (nSPS) is 12.7. The third-order valence-electron chi connectivity index (χ3n) is 13.3. The first kappa shape index (κ1) is 61.9. The van der Waals surface area contributed by atoms with Crippen molar-refractivity contribution < 1.29 is 19.1 Å². The van der Waals surface area contributed by atoms with Crippen molar-refractivity contribution in [2.45, 2.75) is 316 Å². The van der Waals surface area contributed by atoms with Gasteiger partial charge in [0.2, 0.25) is 0 Å². The SMILES string of the molecule is CCCCCCCCCCCCC(CN(CCCN(C)C)CC(CCCCCCCCCCCC)OC(=O)CCCCCCCCCCC)OC(=O)CCCCCCCCCCC. The molecule has 0 fully saturated rings. The van der Waals surface area contributed by atoms with E-state index in [1.807, 2.05) is 0 Å². The van der Waals surface area contributed by atoms with Gasteiger partial charge in [0.05, 0.1) is 0 Å². The zero-order valence-electron chi connectivity index (χ0n) is 43.9. The summed E-state index contributed by atoms with van der Waals surface area (Å²) < 4.78 is 12.8. The Balaban J connectivity index is 5.59. The van der Waals surface area contributed by atoms with Crippen molar-refractivity contribution >= 4 is 11.9 Å². The van der Waals surface area contributed by atoms with Crippen molar-refractivity contribution in [2.75, 3.05) is 40.3 Å². The van der Waals surface area contributed by atoms with Crippen LogP contribution in [0.1, 0.15) is 304 Å². The Labute approximate surface area is 395 Å². The molecule has 0 amide bonds. The molecule has 0 N–H and O–H groups in total. The van der Waals surface area contributed by atoms with Crippen LogP contribution < -0.4 is 0 Å². The van der Waals surface area contributed by atoms with E-state index in [2.05, 4.69) is 51.6 Å². The molecule has 63 heavy (non-hydrogen) atoms. The average molecular weight is 892 g/mol. The van der Waals surface area contributed by atoms with E-state index < -0.39 is 0 Å². The molecule has 2 unspecified atom stereocenters. The molecule has 376 valence electrons. The average Bonchev–Trinajstić information content (AvgIpc) is 3.26. The fourth-order valence-electron chi connectivity index (χ4n) is 9.19. The molecule has 0 aliphatic rings. The first-order valence-electron chi connectivity index (χ1n) is 28.6. The lowest BCUT2D eigenvalue weighted by molar-refractivity contribution is -0.152. The van der Waals surface area contributed by atoms with Crippen molar-refractivity contribution in [1.29, 1.82) is 0 Å². The lowest BCUT2D eigenvalue weighted by Crippen LogP contribution is -2.42. The van der Waals surface area contributed by atoms with Crippen LogP contribution in [0.2, 0.25) is 0 Å². The number of hydrogen-bond acceptors (Lipinski definition) is 6. The number of unbranched alkanes of at least 4 members (excludes halogenated alkanes) is 34. The second kappa shape index (κ2) is 50.3. The molecule has 0 aliphatic heterocycles. The van der Waals surface area contributed by atoms with Gasteiger partial charge in [-0.3, -0.25) is 14.5 Å². The van der Waals surface area contributed by atoms with Crippen LogP contribution in [0.5, 0.6) is 0 Å². The Morgan fingerprint density at radius 3 is 0.857 bits per heavy atom. The lowest BCUT2D eigenvalue weighted by Gasteiger charge is -2.31. The largest absolute Gasteiger partial charge is 0.461 e. The second-order valence-electron chi connectivity index (χ2n) is 20.2. The zero-order valence-corrected chi connectivity index (χ0v) is 43.9. The van der Waals surface area contributed by atoms with Gasteiger partial charge in [0.25, 0.3) is 0 Å². The maximum Gasteiger partial charge on any atom is 0.306 e. The van der Waals surface area contributed by atoms with Crippen LogP contribution in [0.3, 0.4) is 0 Å². The minimum atomic E-state index is -0.111. The molecule has 0 aromatic heterocycles. The summed E-state index contributed by atoms with van der Waals surface area (Å²) in [5, 5.41) is 0. The van der Waals surface area contributed by atoms with E-state index >= 15 is 0 Å². The standard InChI is InChI=1S/C57H114N2O4/c1-7-11-15-19-23-27-31-33-37-41-46-54(62-56(60)48-43-39-35-29-25-21-17-13-9-3)52-59(51-45-50-58(5)6)53-55(47-42-38-34-32-28-24-20-16-12-8-2)63-57(61)49-44-40-36-30-26-22-18-14-10-4/h54-55H,7-53H2,1-6H3. The van der Waals surface area contributed by atoms with Gasteiger partial charge >= 0.3 is 11.9 Å².